The number of carbonyl (C=O) groups excluding carboxylic acids is 2. The maximum Gasteiger partial charge on any atom is 0.341 e. The van der Waals surface area contributed by atoms with Crippen LogP contribution < -0.4 is 5.32 Å². The third kappa shape index (κ3) is 3.33. The molecule has 2 fully saturated rings. The molecule has 0 bridgehead atoms. The van der Waals surface area contributed by atoms with Crippen molar-refractivity contribution in [2.45, 2.75) is 45.6 Å². The second-order valence-electron chi connectivity index (χ2n) is 5.98. The Morgan fingerprint density at radius 1 is 1.32 bits per heavy atom. The van der Waals surface area contributed by atoms with Gasteiger partial charge in [0.25, 0.3) is 0 Å². The molecular weight excluding hydrogens is 302 g/mol. The summed E-state index contributed by atoms with van der Waals surface area (Å²) in [6.45, 7) is 4.86. The summed E-state index contributed by atoms with van der Waals surface area (Å²) in [4.78, 5) is 25.4. The standard InChI is InChI=1S/C16H21NO4S/c1-9-10(2)22-15(17-14(18)11-5-6-11)13(9)16(19)21-8-12-4-3-7-20-12/h11-12H,3-8H2,1-2H3,(H,17,18)/t12-/m1/s1. The molecule has 0 spiro atoms. The van der Waals surface area contributed by atoms with E-state index in [2.05, 4.69) is 5.32 Å². The zero-order valence-electron chi connectivity index (χ0n) is 12.9. The van der Waals surface area contributed by atoms with E-state index in [0.29, 0.717) is 10.6 Å². The first kappa shape index (κ1) is 15.5. The molecule has 3 rings (SSSR count). The molecule has 22 heavy (non-hydrogen) atoms. The van der Waals surface area contributed by atoms with Crippen LogP contribution in [0.5, 0.6) is 0 Å². The van der Waals surface area contributed by atoms with Gasteiger partial charge < -0.3 is 14.8 Å². The monoisotopic (exact) mass is 323 g/mol. The Kier molecular flexibility index (Phi) is 4.49. The number of carbonyl (C=O) groups is 2. The van der Waals surface area contributed by atoms with Crippen LogP contribution in [0.2, 0.25) is 0 Å². The van der Waals surface area contributed by atoms with E-state index < -0.39 is 0 Å². The van der Waals surface area contributed by atoms with Gasteiger partial charge in [-0.2, -0.15) is 0 Å². The van der Waals surface area contributed by atoms with Crippen molar-refractivity contribution in [1.29, 1.82) is 0 Å². The minimum absolute atomic E-state index is 0.00786. The predicted octanol–water partition coefficient (Wildman–Crippen LogP) is 3.05. The topological polar surface area (TPSA) is 64.6 Å². The second kappa shape index (κ2) is 6.38. The normalized spacial score (nSPS) is 20.9. The first-order valence-electron chi connectivity index (χ1n) is 7.76. The maximum atomic E-state index is 12.4. The summed E-state index contributed by atoms with van der Waals surface area (Å²) < 4.78 is 10.9. The summed E-state index contributed by atoms with van der Waals surface area (Å²) >= 11 is 1.44. The number of esters is 1. The van der Waals surface area contributed by atoms with Crippen LogP contribution in [0.1, 0.15) is 46.5 Å². The van der Waals surface area contributed by atoms with Gasteiger partial charge in [0.2, 0.25) is 5.91 Å². The van der Waals surface area contributed by atoms with Gasteiger partial charge in [0.1, 0.15) is 11.6 Å². The summed E-state index contributed by atoms with van der Waals surface area (Å²) in [6, 6.07) is 0. The Labute approximate surface area is 134 Å². The van der Waals surface area contributed by atoms with Crippen molar-refractivity contribution in [3.05, 3.63) is 16.0 Å². The van der Waals surface area contributed by atoms with Crippen molar-refractivity contribution in [2.75, 3.05) is 18.5 Å². The lowest BCUT2D eigenvalue weighted by atomic mass is 10.1. The molecule has 1 amide bonds. The number of aryl methyl sites for hydroxylation is 1. The van der Waals surface area contributed by atoms with E-state index in [9.17, 15) is 9.59 Å². The predicted molar refractivity (Wildman–Crippen MR) is 84.4 cm³/mol. The molecular formula is C16H21NO4S. The lowest BCUT2D eigenvalue weighted by molar-refractivity contribution is -0.117. The molecule has 5 nitrogen and oxygen atoms in total. The fourth-order valence-corrected chi connectivity index (χ4v) is 3.59. The van der Waals surface area contributed by atoms with E-state index in [4.69, 9.17) is 9.47 Å². The number of amides is 1. The number of ether oxygens (including phenoxy) is 2. The van der Waals surface area contributed by atoms with E-state index in [1.54, 1.807) is 0 Å². The fourth-order valence-electron chi connectivity index (χ4n) is 2.54. The Hall–Kier alpha value is -1.40. The van der Waals surface area contributed by atoms with Gasteiger partial charge in [0, 0.05) is 17.4 Å². The average Bonchev–Trinajstić information content (AvgIpc) is 3.14. The highest BCUT2D eigenvalue weighted by Gasteiger charge is 2.32. The van der Waals surface area contributed by atoms with Crippen molar-refractivity contribution in [1.82, 2.24) is 0 Å². The highest BCUT2D eigenvalue weighted by Crippen LogP contribution is 2.36. The molecule has 6 heteroatoms. The van der Waals surface area contributed by atoms with Crippen LogP contribution in [0.3, 0.4) is 0 Å². The molecule has 1 aromatic rings. The lowest BCUT2D eigenvalue weighted by Gasteiger charge is -2.11. The van der Waals surface area contributed by atoms with Crippen LogP contribution >= 0.6 is 11.3 Å². The van der Waals surface area contributed by atoms with Crippen LogP contribution in [-0.2, 0) is 14.3 Å². The number of anilines is 1. The summed E-state index contributed by atoms with van der Waals surface area (Å²) in [5.74, 6) is -0.253. The summed E-state index contributed by atoms with van der Waals surface area (Å²) in [7, 11) is 0. The quantitative estimate of drug-likeness (QED) is 0.846. The molecule has 1 aliphatic carbocycles. The van der Waals surface area contributed by atoms with Gasteiger partial charge in [-0.25, -0.2) is 4.79 Å². The molecule has 1 N–H and O–H groups in total. The Bertz CT molecular complexity index is 585. The third-order valence-electron chi connectivity index (χ3n) is 4.20. The average molecular weight is 323 g/mol. The van der Waals surface area contributed by atoms with Crippen LogP contribution in [0.15, 0.2) is 0 Å². The first-order valence-corrected chi connectivity index (χ1v) is 8.57. The number of thiophene rings is 1. The summed E-state index contributed by atoms with van der Waals surface area (Å²) in [5.41, 5.74) is 1.38. The minimum Gasteiger partial charge on any atom is -0.459 e. The van der Waals surface area contributed by atoms with Crippen molar-refractivity contribution >= 4 is 28.2 Å². The molecule has 1 atom stereocenters. The Morgan fingerprint density at radius 2 is 2.09 bits per heavy atom. The van der Waals surface area contributed by atoms with E-state index in [0.717, 1.165) is 42.7 Å². The Morgan fingerprint density at radius 3 is 2.73 bits per heavy atom. The van der Waals surface area contributed by atoms with Gasteiger partial charge in [-0.05, 0) is 45.1 Å². The molecule has 0 unspecified atom stereocenters. The summed E-state index contributed by atoms with van der Waals surface area (Å²) in [6.07, 6.45) is 3.83. The van der Waals surface area contributed by atoms with Crippen molar-refractivity contribution in [2.24, 2.45) is 5.92 Å². The Balaban J connectivity index is 1.69. The largest absolute Gasteiger partial charge is 0.459 e. The molecule has 120 valence electrons. The van der Waals surface area contributed by atoms with Gasteiger partial charge in [0.05, 0.1) is 11.7 Å². The molecule has 2 aliphatic rings. The number of rotatable bonds is 5. The van der Waals surface area contributed by atoms with Crippen molar-refractivity contribution < 1.29 is 19.1 Å². The molecule has 1 saturated carbocycles. The maximum absolute atomic E-state index is 12.4. The van der Waals surface area contributed by atoms with Gasteiger partial charge in [0.15, 0.2) is 0 Å². The zero-order valence-corrected chi connectivity index (χ0v) is 13.8. The summed E-state index contributed by atoms with van der Waals surface area (Å²) in [5, 5.41) is 3.51. The smallest absolute Gasteiger partial charge is 0.341 e. The third-order valence-corrected chi connectivity index (χ3v) is 5.32. The molecule has 1 aromatic heterocycles. The highest BCUT2D eigenvalue weighted by atomic mass is 32.1. The number of hydrogen-bond acceptors (Lipinski definition) is 5. The van der Waals surface area contributed by atoms with Crippen LogP contribution in [0, 0.1) is 19.8 Å². The van der Waals surface area contributed by atoms with Gasteiger partial charge in [-0.15, -0.1) is 11.3 Å². The number of hydrogen-bond donors (Lipinski definition) is 1. The molecule has 1 aliphatic heterocycles. The van der Waals surface area contributed by atoms with E-state index >= 15 is 0 Å². The lowest BCUT2D eigenvalue weighted by Crippen LogP contribution is -2.20. The van der Waals surface area contributed by atoms with Gasteiger partial charge in [-0.3, -0.25) is 4.79 Å². The molecule has 0 radical (unpaired) electrons. The molecule has 2 heterocycles. The van der Waals surface area contributed by atoms with E-state index in [1.807, 2.05) is 13.8 Å². The first-order chi connectivity index (χ1) is 10.6. The van der Waals surface area contributed by atoms with Crippen LogP contribution in [-0.4, -0.2) is 31.2 Å². The molecule has 1 saturated heterocycles. The van der Waals surface area contributed by atoms with Crippen molar-refractivity contribution in [3.8, 4) is 0 Å². The van der Waals surface area contributed by atoms with E-state index in [-0.39, 0.29) is 30.5 Å². The highest BCUT2D eigenvalue weighted by molar-refractivity contribution is 7.16. The van der Waals surface area contributed by atoms with Crippen LogP contribution in [0.25, 0.3) is 0 Å². The van der Waals surface area contributed by atoms with Crippen molar-refractivity contribution in [3.63, 3.8) is 0 Å². The number of nitrogens with one attached hydrogen (secondary N) is 1. The van der Waals surface area contributed by atoms with E-state index in [1.165, 1.54) is 11.3 Å². The van der Waals surface area contributed by atoms with Gasteiger partial charge in [-0.1, -0.05) is 0 Å². The second-order valence-corrected chi connectivity index (χ2v) is 7.21. The SMILES string of the molecule is Cc1sc(NC(=O)C2CC2)c(C(=O)OC[C@H]2CCCO2)c1C. The zero-order chi connectivity index (χ0) is 15.7. The van der Waals surface area contributed by atoms with Gasteiger partial charge >= 0.3 is 5.97 Å². The minimum atomic E-state index is -0.372. The van der Waals surface area contributed by atoms with Crippen LogP contribution in [0.4, 0.5) is 5.00 Å². The fraction of sp³-hybridized carbons (Fsp3) is 0.625. The molecule has 0 aromatic carbocycles.